The van der Waals surface area contributed by atoms with Crippen LogP contribution in [0.25, 0.3) is 0 Å². The van der Waals surface area contributed by atoms with E-state index in [1.54, 1.807) is 0 Å². The molecule has 20 heavy (non-hydrogen) atoms. The second-order valence-corrected chi connectivity index (χ2v) is 7.45. The molecule has 2 atom stereocenters. The van der Waals surface area contributed by atoms with Crippen molar-refractivity contribution in [2.24, 2.45) is 10.3 Å². The Hall–Kier alpha value is -0.570. The third-order valence-corrected chi connectivity index (χ3v) is 6.28. The zero-order valence-electron chi connectivity index (χ0n) is 11.2. The summed E-state index contributed by atoms with van der Waals surface area (Å²) in [6, 6.07) is 7.76. The number of hydrogen-bond donors (Lipinski definition) is 0. The monoisotopic (exact) mass is 325 g/mol. The van der Waals surface area contributed by atoms with E-state index in [2.05, 4.69) is 11.5 Å². The quantitative estimate of drug-likeness (QED) is 0.593. The molecule has 0 fully saturated rings. The first-order chi connectivity index (χ1) is 9.76. The molecule has 0 N–H and O–H groups in total. The van der Waals surface area contributed by atoms with E-state index in [1.165, 1.54) is 29.7 Å². The standard InChI is InChI=1S/C16H17Cl2NS/c17-10-12-9-13-3-1-2-4-16(13)20(11-12)19-15-7-5-14(18)6-8-15/h4-8,11,13H,1-3,9-10H2. The van der Waals surface area contributed by atoms with Crippen LogP contribution in [0.2, 0.25) is 5.02 Å². The van der Waals surface area contributed by atoms with Crippen molar-refractivity contribution in [3.63, 3.8) is 0 Å². The fraction of sp³-hybridized carbons (Fsp3) is 0.375. The third-order valence-electron chi connectivity index (χ3n) is 3.74. The van der Waals surface area contributed by atoms with Gasteiger partial charge in [0.05, 0.1) is 5.69 Å². The van der Waals surface area contributed by atoms with E-state index >= 15 is 0 Å². The number of allylic oxidation sites excluding steroid dienone is 3. The van der Waals surface area contributed by atoms with Gasteiger partial charge in [0.25, 0.3) is 0 Å². The number of hydrogen-bond acceptors (Lipinski definition) is 1. The minimum Gasteiger partial charge on any atom is -0.219 e. The van der Waals surface area contributed by atoms with Crippen molar-refractivity contribution >= 4 is 39.6 Å². The number of rotatable bonds is 2. The van der Waals surface area contributed by atoms with Crippen molar-refractivity contribution in [2.45, 2.75) is 25.7 Å². The molecule has 1 nitrogen and oxygen atoms in total. The molecule has 2 unspecified atom stereocenters. The van der Waals surface area contributed by atoms with E-state index in [0.29, 0.717) is 11.8 Å². The van der Waals surface area contributed by atoms with Crippen LogP contribution in [0.5, 0.6) is 0 Å². The lowest BCUT2D eigenvalue weighted by atomic mass is 9.90. The smallest absolute Gasteiger partial charge is 0.0711 e. The van der Waals surface area contributed by atoms with Crippen LogP contribution in [0.1, 0.15) is 25.7 Å². The molecule has 1 aliphatic carbocycles. The zero-order valence-corrected chi connectivity index (χ0v) is 13.5. The minimum atomic E-state index is -0.152. The summed E-state index contributed by atoms with van der Waals surface area (Å²) < 4.78 is 4.91. The van der Waals surface area contributed by atoms with Gasteiger partial charge in [0, 0.05) is 10.9 Å². The van der Waals surface area contributed by atoms with Crippen molar-refractivity contribution in [1.29, 1.82) is 0 Å². The van der Waals surface area contributed by atoms with Crippen LogP contribution in [0.4, 0.5) is 5.69 Å². The molecule has 1 aliphatic heterocycles. The highest BCUT2D eigenvalue weighted by molar-refractivity contribution is 7.94. The van der Waals surface area contributed by atoms with Gasteiger partial charge in [-0.1, -0.05) is 17.7 Å². The van der Waals surface area contributed by atoms with Gasteiger partial charge in [-0.05, 0) is 82.4 Å². The lowest BCUT2D eigenvalue weighted by Crippen LogP contribution is -2.17. The van der Waals surface area contributed by atoms with Crippen LogP contribution in [-0.2, 0) is 10.7 Å². The maximum atomic E-state index is 6.06. The van der Waals surface area contributed by atoms with Gasteiger partial charge in [0.1, 0.15) is 0 Å². The lowest BCUT2D eigenvalue weighted by molar-refractivity contribution is 0.526. The Bertz CT molecular complexity index is 587. The molecule has 0 radical (unpaired) electrons. The molecule has 0 saturated heterocycles. The van der Waals surface area contributed by atoms with Crippen molar-refractivity contribution in [3.8, 4) is 0 Å². The Kier molecular flexibility index (Phi) is 4.65. The second kappa shape index (κ2) is 6.46. The molecule has 0 amide bonds. The maximum Gasteiger partial charge on any atom is 0.0711 e. The Morgan fingerprint density at radius 3 is 2.80 bits per heavy atom. The van der Waals surface area contributed by atoms with E-state index in [9.17, 15) is 0 Å². The molecule has 3 rings (SSSR count). The van der Waals surface area contributed by atoms with E-state index in [1.807, 2.05) is 24.3 Å². The predicted octanol–water partition coefficient (Wildman–Crippen LogP) is 5.98. The fourth-order valence-electron chi connectivity index (χ4n) is 2.75. The first-order valence-electron chi connectivity index (χ1n) is 6.92. The van der Waals surface area contributed by atoms with E-state index in [0.717, 1.165) is 17.1 Å². The van der Waals surface area contributed by atoms with Crippen molar-refractivity contribution in [1.82, 2.24) is 0 Å². The summed E-state index contributed by atoms with van der Waals surface area (Å²) in [6.45, 7) is 0. The first kappa shape index (κ1) is 14.4. The number of benzene rings is 1. The molecule has 0 saturated carbocycles. The Morgan fingerprint density at radius 2 is 2.05 bits per heavy atom. The largest absolute Gasteiger partial charge is 0.219 e. The molecule has 1 aromatic rings. The van der Waals surface area contributed by atoms with Gasteiger partial charge in [-0.15, -0.1) is 11.6 Å². The van der Waals surface area contributed by atoms with Gasteiger partial charge in [-0.25, -0.2) is 4.36 Å². The number of fused-ring (bicyclic) bond motifs is 1. The number of nitrogens with zero attached hydrogens (tertiary/aromatic N) is 1. The van der Waals surface area contributed by atoms with E-state index < -0.39 is 0 Å². The number of halogens is 2. The highest BCUT2D eigenvalue weighted by atomic mass is 35.5. The van der Waals surface area contributed by atoms with Crippen LogP contribution < -0.4 is 0 Å². The van der Waals surface area contributed by atoms with Gasteiger partial charge < -0.3 is 0 Å². The summed E-state index contributed by atoms with van der Waals surface area (Å²) in [5, 5.41) is 3.03. The average Bonchev–Trinajstić information content (AvgIpc) is 2.49. The van der Waals surface area contributed by atoms with Crippen LogP contribution in [0.15, 0.2) is 50.6 Å². The predicted molar refractivity (Wildman–Crippen MR) is 89.7 cm³/mol. The number of alkyl halides is 1. The Labute approximate surface area is 132 Å². The SMILES string of the molecule is ClCC1=CS(=Nc2ccc(Cl)cc2)C2=CCCCC2C1. The summed E-state index contributed by atoms with van der Waals surface area (Å²) in [4.78, 5) is 1.51. The van der Waals surface area contributed by atoms with Crippen molar-refractivity contribution in [2.75, 3.05) is 5.88 Å². The topological polar surface area (TPSA) is 12.4 Å². The van der Waals surface area contributed by atoms with Gasteiger partial charge in [-0.2, -0.15) is 0 Å². The van der Waals surface area contributed by atoms with Crippen LogP contribution >= 0.6 is 23.2 Å². The molecule has 106 valence electrons. The first-order valence-corrected chi connectivity index (χ1v) is 9.08. The second-order valence-electron chi connectivity index (χ2n) is 5.23. The normalized spacial score (nSPS) is 25.9. The summed E-state index contributed by atoms with van der Waals surface area (Å²) in [5.41, 5.74) is 2.34. The summed E-state index contributed by atoms with van der Waals surface area (Å²) in [5.74, 6) is 1.28. The van der Waals surface area contributed by atoms with Crippen LogP contribution in [-0.4, -0.2) is 5.88 Å². The van der Waals surface area contributed by atoms with Crippen LogP contribution in [0, 0.1) is 5.92 Å². The lowest BCUT2D eigenvalue weighted by Gasteiger charge is -2.29. The molecular weight excluding hydrogens is 309 g/mol. The van der Waals surface area contributed by atoms with Gasteiger partial charge in [0.2, 0.25) is 0 Å². The molecule has 0 aromatic heterocycles. The van der Waals surface area contributed by atoms with Crippen molar-refractivity contribution in [3.05, 3.63) is 51.3 Å². The van der Waals surface area contributed by atoms with Crippen molar-refractivity contribution < 1.29 is 0 Å². The third kappa shape index (κ3) is 3.19. The zero-order chi connectivity index (χ0) is 13.9. The fourth-order valence-corrected chi connectivity index (χ4v) is 5.12. The van der Waals surface area contributed by atoms with Crippen LogP contribution in [0.3, 0.4) is 0 Å². The summed E-state index contributed by atoms with van der Waals surface area (Å²) in [6.07, 6.45) is 7.28. The van der Waals surface area contributed by atoms with Gasteiger partial charge in [-0.3, -0.25) is 0 Å². The van der Waals surface area contributed by atoms with E-state index in [4.69, 9.17) is 27.6 Å². The molecular formula is C16H17Cl2NS. The van der Waals surface area contributed by atoms with Gasteiger partial charge >= 0.3 is 0 Å². The molecule has 0 bridgehead atoms. The highest BCUT2D eigenvalue weighted by Gasteiger charge is 2.25. The van der Waals surface area contributed by atoms with E-state index in [-0.39, 0.29) is 10.7 Å². The molecule has 1 heterocycles. The molecule has 0 spiro atoms. The maximum absolute atomic E-state index is 6.06. The van der Waals surface area contributed by atoms with Gasteiger partial charge in [0.15, 0.2) is 0 Å². The minimum absolute atomic E-state index is 0.152. The molecule has 2 aliphatic rings. The summed E-state index contributed by atoms with van der Waals surface area (Å²) in [7, 11) is -0.152. The summed E-state index contributed by atoms with van der Waals surface area (Å²) >= 11 is 12.0. The Morgan fingerprint density at radius 1 is 1.25 bits per heavy atom. The highest BCUT2D eigenvalue weighted by Crippen LogP contribution is 2.38. The molecule has 1 aromatic carbocycles. The molecule has 4 heteroatoms. The Balaban J connectivity index is 1.99. The average molecular weight is 326 g/mol.